The Morgan fingerprint density at radius 3 is 2.33 bits per heavy atom. The van der Waals surface area contributed by atoms with Gasteiger partial charge in [-0.3, -0.25) is 23.6 Å². The first-order chi connectivity index (χ1) is 13.0. The largest absolute Gasteiger partial charge is 0.335 e. The Hall–Kier alpha value is -1.93. The molecule has 4 rings (SSSR count). The first-order valence-corrected chi connectivity index (χ1v) is 10.5. The summed E-state index contributed by atoms with van der Waals surface area (Å²) < 4.78 is 2.53. The molecule has 0 aromatic carbocycles. The molecule has 0 radical (unpaired) electrons. The number of hydrogen-bond acceptors (Lipinski definition) is 5. The maximum Gasteiger partial charge on any atom is 0.331 e. The molecule has 2 aromatic rings. The smallest absolute Gasteiger partial charge is 0.331 e. The Balaban J connectivity index is 1.52. The van der Waals surface area contributed by atoms with Crippen molar-refractivity contribution in [2.45, 2.75) is 38.1 Å². The van der Waals surface area contributed by atoms with Crippen molar-refractivity contribution in [3.63, 3.8) is 0 Å². The summed E-state index contributed by atoms with van der Waals surface area (Å²) in [5.41, 5.74) is -0.708. The van der Waals surface area contributed by atoms with Gasteiger partial charge in [0.15, 0.2) is 0 Å². The van der Waals surface area contributed by atoms with Gasteiger partial charge in [0.05, 0.1) is 10.3 Å². The molecule has 3 heterocycles. The van der Waals surface area contributed by atoms with Crippen molar-refractivity contribution in [2.24, 2.45) is 14.1 Å². The highest BCUT2D eigenvalue weighted by Crippen LogP contribution is 2.26. The highest BCUT2D eigenvalue weighted by molar-refractivity contribution is 7.20. The fraction of sp³-hybridized carbons (Fsp3) is 0.632. The van der Waals surface area contributed by atoms with Crippen molar-refractivity contribution < 1.29 is 4.79 Å². The molecule has 0 N–H and O–H groups in total. The van der Waals surface area contributed by atoms with E-state index in [-0.39, 0.29) is 17.2 Å². The van der Waals surface area contributed by atoms with E-state index in [2.05, 4.69) is 4.90 Å². The van der Waals surface area contributed by atoms with Gasteiger partial charge in [-0.25, -0.2) is 4.79 Å². The Bertz CT molecular complexity index is 975. The van der Waals surface area contributed by atoms with Crippen LogP contribution in [0.5, 0.6) is 0 Å². The molecule has 1 aliphatic carbocycles. The van der Waals surface area contributed by atoms with Gasteiger partial charge in [0.2, 0.25) is 0 Å². The molecular formula is C19H26N4O3S. The second kappa shape index (κ2) is 7.24. The van der Waals surface area contributed by atoms with E-state index < -0.39 is 0 Å². The van der Waals surface area contributed by atoms with E-state index in [1.807, 2.05) is 4.90 Å². The van der Waals surface area contributed by atoms with Crippen LogP contribution in [0.2, 0.25) is 0 Å². The predicted molar refractivity (Wildman–Crippen MR) is 107 cm³/mol. The first kappa shape index (κ1) is 18.4. The van der Waals surface area contributed by atoms with Crippen LogP contribution in [-0.4, -0.2) is 57.1 Å². The van der Waals surface area contributed by atoms with Gasteiger partial charge in [-0.05, 0) is 18.9 Å². The Morgan fingerprint density at radius 1 is 1.00 bits per heavy atom. The molecule has 1 saturated carbocycles. The molecule has 1 amide bonds. The van der Waals surface area contributed by atoms with Gasteiger partial charge >= 0.3 is 5.69 Å². The summed E-state index contributed by atoms with van der Waals surface area (Å²) >= 11 is 1.24. The van der Waals surface area contributed by atoms with Gasteiger partial charge < -0.3 is 4.90 Å². The zero-order chi connectivity index (χ0) is 19.1. The normalized spacial score (nSPS) is 19.7. The molecule has 2 aromatic heterocycles. The Labute approximate surface area is 161 Å². The highest BCUT2D eigenvalue weighted by atomic mass is 32.1. The van der Waals surface area contributed by atoms with Crippen LogP contribution in [0.25, 0.3) is 10.2 Å². The second-order valence-corrected chi connectivity index (χ2v) is 8.69. The molecule has 0 unspecified atom stereocenters. The van der Waals surface area contributed by atoms with E-state index in [4.69, 9.17) is 0 Å². The van der Waals surface area contributed by atoms with Gasteiger partial charge in [-0.2, -0.15) is 0 Å². The molecule has 146 valence electrons. The second-order valence-electron chi connectivity index (χ2n) is 7.66. The summed E-state index contributed by atoms with van der Waals surface area (Å²) in [4.78, 5) is 42.9. The zero-order valence-electron chi connectivity index (χ0n) is 15.9. The number of amides is 1. The molecule has 1 aliphatic heterocycles. The van der Waals surface area contributed by atoms with Gasteiger partial charge in [-0.1, -0.05) is 19.3 Å². The highest BCUT2D eigenvalue weighted by Gasteiger charge is 2.28. The number of carbonyl (C=O) groups excluding carboxylic acids is 1. The van der Waals surface area contributed by atoms with Gasteiger partial charge in [0.1, 0.15) is 4.83 Å². The van der Waals surface area contributed by atoms with Crippen molar-refractivity contribution in [2.75, 3.05) is 26.2 Å². The summed E-state index contributed by atoms with van der Waals surface area (Å²) in [6, 6.07) is 2.33. The van der Waals surface area contributed by atoms with Gasteiger partial charge in [0.25, 0.3) is 11.5 Å². The molecule has 7 nitrogen and oxygen atoms in total. The Morgan fingerprint density at radius 2 is 1.67 bits per heavy atom. The van der Waals surface area contributed by atoms with Crippen molar-refractivity contribution in [3.05, 3.63) is 31.8 Å². The minimum absolute atomic E-state index is 0.0333. The van der Waals surface area contributed by atoms with Crippen LogP contribution in [0.1, 0.15) is 41.8 Å². The number of aryl methyl sites for hydroxylation is 1. The van der Waals surface area contributed by atoms with Crippen molar-refractivity contribution in [3.8, 4) is 0 Å². The standard InChI is InChI=1S/C19H26N4O3S/c1-20-16(24)14-12-15(27-18(14)21(2)19(20)26)17(25)23-10-8-22(9-11-23)13-6-4-3-5-7-13/h12-13H,3-11H2,1-2H3. The van der Waals surface area contributed by atoms with Crippen LogP contribution in [-0.2, 0) is 14.1 Å². The molecule has 27 heavy (non-hydrogen) atoms. The summed E-state index contributed by atoms with van der Waals surface area (Å²) in [6.45, 7) is 3.28. The third kappa shape index (κ3) is 3.25. The van der Waals surface area contributed by atoms with E-state index in [1.165, 1.54) is 55.1 Å². The van der Waals surface area contributed by atoms with Crippen molar-refractivity contribution in [1.29, 1.82) is 0 Å². The van der Waals surface area contributed by atoms with E-state index in [0.29, 0.717) is 21.1 Å². The summed E-state index contributed by atoms with van der Waals surface area (Å²) in [7, 11) is 3.10. The number of rotatable bonds is 2. The number of nitrogens with zero attached hydrogens (tertiary/aromatic N) is 4. The number of hydrogen-bond donors (Lipinski definition) is 0. The summed E-state index contributed by atoms with van der Waals surface area (Å²) in [6.07, 6.45) is 6.55. The van der Waals surface area contributed by atoms with Crippen LogP contribution < -0.4 is 11.2 Å². The van der Waals surface area contributed by atoms with Crippen LogP contribution in [0.15, 0.2) is 15.7 Å². The topological polar surface area (TPSA) is 67.6 Å². The third-order valence-electron chi connectivity index (χ3n) is 6.03. The van der Waals surface area contributed by atoms with E-state index in [0.717, 1.165) is 30.7 Å². The number of aromatic nitrogens is 2. The van der Waals surface area contributed by atoms with Crippen molar-refractivity contribution >= 4 is 27.5 Å². The monoisotopic (exact) mass is 390 g/mol. The van der Waals surface area contributed by atoms with Crippen LogP contribution >= 0.6 is 11.3 Å². The van der Waals surface area contributed by atoms with Crippen LogP contribution in [0.4, 0.5) is 0 Å². The number of carbonyl (C=O) groups is 1. The average Bonchev–Trinajstić information content (AvgIpc) is 3.16. The number of thiophene rings is 1. The third-order valence-corrected chi connectivity index (χ3v) is 7.23. The minimum Gasteiger partial charge on any atom is -0.335 e. The molecule has 2 aliphatic rings. The lowest BCUT2D eigenvalue weighted by Gasteiger charge is -2.40. The molecular weight excluding hydrogens is 364 g/mol. The fourth-order valence-electron chi connectivity index (χ4n) is 4.36. The molecule has 0 spiro atoms. The minimum atomic E-state index is -0.366. The molecule has 2 fully saturated rings. The lowest BCUT2D eigenvalue weighted by molar-refractivity contribution is 0.0527. The molecule has 0 bridgehead atoms. The number of piperazine rings is 1. The Kier molecular flexibility index (Phi) is 4.94. The number of fused-ring (bicyclic) bond motifs is 1. The summed E-state index contributed by atoms with van der Waals surface area (Å²) in [5, 5.41) is 0.439. The molecule has 8 heteroatoms. The maximum absolute atomic E-state index is 13.0. The average molecular weight is 391 g/mol. The first-order valence-electron chi connectivity index (χ1n) is 9.70. The molecule has 1 saturated heterocycles. The van der Waals surface area contributed by atoms with E-state index >= 15 is 0 Å². The van der Waals surface area contributed by atoms with Gasteiger partial charge in [0, 0.05) is 46.3 Å². The fourth-order valence-corrected chi connectivity index (χ4v) is 5.43. The van der Waals surface area contributed by atoms with Crippen molar-refractivity contribution in [1.82, 2.24) is 18.9 Å². The predicted octanol–water partition coefficient (Wildman–Crippen LogP) is 1.39. The van der Waals surface area contributed by atoms with E-state index in [1.54, 1.807) is 13.1 Å². The quantitative estimate of drug-likeness (QED) is 0.777. The van der Waals surface area contributed by atoms with Crippen LogP contribution in [0, 0.1) is 0 Å². The lowest BCUT2D eigenvalue weighted by atomic mass is 9.94. The van der Waals surface area contributed by atoms with E-state index in [9.17, 15) is 14.4 Å². The molecule has 0 atom stereocenters. The SMILES string of the molecule is Cn1c(=O)c2cc(C(=O)N3CCN(C4CCCCC4)CC3)sc2n(C)c1=O. The zero-order valence-corrected chi connectivity index (χ0v) is 16.8. The van der Waals surface area contributed by atoms with Gasteiger partial charge in [-0.15, -0.1) is 11.3 Å². The lowest BCUT2D eigenvalue weighted by Crippen LogP contribution is -2.52. The maximum atomic E-state index is 13.0. The van der Waals surface area contributed by atoms with Crippen LogP contribution in [0.3, 0.4) is 0 Å². The summed E-state index contributed by atoms with van der Waals surface area (Å²) in [5.74, 6) is -0.0333.